The van der Waals surface area contributed by atoms with Crippen LogP contribution in [0.3, 0.4) is 0 Å². The molecule has 1 aromatic rings. The van der Waals surface area contributed by atoms with Crippen molar-refractivity contribution in [3.8, 4) is 0 Å². The van der Waals surface area contributed by atoms with E-state index in [1.807, 2.05) is 0 Å². The SMILES string of the molecule is CCCCNCc1c(C=O)nnn1C1=NPC1. The second kappa shape index (κ2) is 5.98. The number of aromatic nitrogens is 3. The molecule has 2 rings (SSSR count). The van der Waals surface area contributed by atoms with Gasteiger partial charge in [0.25, 0.3) is 0 Å². The van der Waals surface area contributed by atoms with Crippen LogP contribution in [0.4, 0.5) is 0 Å². The molecule has 1 N–H and O–H groups in total. The quantitative estimate of drug-likeness (QED) is 0.463. The van der Waals surface area contributed by atoms with E-state index in [0.29, 0.717) is 21.0 Å². The molecule has 1 unspecified atom stereocenters. The Kier molecular flexibility index (Phi) is 4.34. The van der Waals surface area contributed by atoms with Gasteiger partial charge in [-0.1, -0.05) is 18.6 Å². The lowest BCUT2D eigenvalue weighted by atomic mass is 10.3. The second-order valence-electron chi connectivity index (χ2n) is 3.84. The molecule has 0 radical (unpaired) electrons. The summed E-state index contributed by atoms with van der Waals surface area (Å²) in [5.41, 5.74) is 1.23. The van der Waals surface area contributed by atoms with Crippen LogP contribution in [0, 0.1) is 0 Å². The number of aldehydes is 1. The first-order valence-electron chi connectivity index (χ1n) is 5.77. The summed E-state index contributed by atoms with van der Waals surface area (Å²) < 4.78 is 5.95. The van der Waals surface area contributed by atoms with Crippen LogP contribution in [0.5, 0.6) is 0 Å². The van der Waals surface area contributed by atoms with E-state index in [9.17, 15) is 4.79 Å². The van der Waals surface area contributed by atoms with Crippen molar-refractivity contribution in [3.05, 3.63) is 11.4 Å². The molecule has 1 atom stereocenters. The van der Waals surface area contributed by atoms with E-state index in [2.05, 4.69) is 27.3 Å². The van der Waals surface area contributed by atoms with E-state index >= 15 is 0 Å². The Bertz CT molecular complexity index is 428. The minimum atomic E-state index is 0.409. The highest BCUT2D eigenvalue weighted by Gasteiger charge is 2.19. The number of rotatable bonds is 6. The Morgan fingerprint density at radius 3 is 3.00 bits per heavy atom. The molecular formula is C10H16N5OP. The first kappa shape index (κ1) is 12.3. The molecular weight excluding hydrogens is 237 g/mol. The minimum absolute atomic E-state index is 0.409. The van der Waals surface area contributed by atoms with Gasteiger partial charge in [0.15, 0.2) is 12.0 Å². The van der Waals surface area contributed by atoms with Crippen LogP contribution in [0.2, 0.25) is 0 Å². The van der Waals surface area contributed by atoms with E-state index in [0.717, 1.165) is 43.4 Å². The highest BCUT2D eigenvalue weighted by atomic mass is 31.1. The predicted octanol–water partition coefficient (Wildman–Crippen LogP) is 0.834. The number of unbranched alkanes of at least 4 members (excludes halogenated alkanes) is 1. The molecule has 7 heteroatoms. The van der Waals surface area contributed by atoms with Crippen molar-refractivity contribution in [2.24, 2.45) is 4.76 Å². The number of nitrogens with one attached hydrogen (secondary N) is 1. The van der Waals surface area contributed by atoms with Crippen molar-refractivity contribution in [1.82, 2.24) is 20.3 Å². The molecule has 0 aliphatic carbocycles. The number of nitrogens with zero attached hydrogens (tertiary/aromatic N) is 4. The number of hydrogen-bond donors (Lipinski definition) is 1. The van der Waals surface area contributed by atoms with Gasteiger partial charge in [0.2, 0.25) is 0 Å². The summed E-state index contributed by atoms with van der Waals surface area (Å²) in [7, 11) is 0.626. The fourth-order valence-electron chi connectivity index (χ4n) is 1.56. The molecule has 1 aliphatic heterocycles. The van der Waals surface area contributed by atoms with Gasteiger partial charge in [-0.3, -0.25) is 4.79 Å². The van der Waals surface area contributed by atoms with Gasteiger partial charge in [-0.05, 0) is 13.0 Å². The van der Waals surface area contributed by atoms with E-state index in [-0.39, 0.29) is 0 Å². The predicted molar refractivity (Wildman–Crippen MR) is 68.0 cm³/mol. The van der Waals surface area contributed by atoms with Gasteiger partial charge < -0.3 is 5.32 Å². The molecule has 17 heavy (non-hydrogen) atoms. The van der Waals surface area contributed by atoms with Crippen LogP contribution in [-0.2, 0) is 6.54 Å². The fourth-order valence-corrected chi connectivity index (χ4v) is 2.10. The van der Waals surface area contributed by atoms with Gasteiger partial charge in [0, 0.05) is 21.4 Å². The molecule has 0 fully saturated rings. The fraction of sp³-hybridized carbons (Fsp3) is 0.600. The first-order valence-corrected chi connectivity index (χ1v) is 6.92. The third-order valence-electron chi connectivity index (χ3n) is 2.59. The lowest BCUT2D eigenvalue weighted by Crippen LogP contribution is -2.26. The molecule has 1 aromatic heterocycles. The summed E-state index contributed by atoms with van der Waals surface area (Å²) in [5.74, 6) is 0.913. The van der Waals surface area contributed by atoms with Crippen molar-refractivity contribution in [1.29, 1.82) is 0 Å². The topological polar surface area (TPSA) is 72.2 Å². The standard InChI is InChI=1S/C10H16N5OP/c1-2-3-4-11-5-9-8(6-16)12-14-15(9)10-7-17-13-10/h6,11,17H,2-5,7H2,1H3. The van der Waals surface area contributed by atoms with Crippen LogP contribution in [0.25, 0.3) is 0 Å². The first-order chi connectivity index (χ1) is 8.36. The van der Waals surface area contributed by atoms with Crippen molar-refractivity contribution < 1.29 is 4.79 Å². The third kappa shape index (κ3) is 2.76. The molecule has 92 valence electrons. The number of carbonyl (C=O) groups excluding carboxylic acids is 1. The van der Waals surface area contributed by atoms with Gasteiger partial charge in [0.1, 0.15) is 5.84 Å². The largest absolute Gasteiger partial charge is 0.311 e. The smallest absolute Gasteiger partial charge is 0.172 e. The Balaban J connectivity index is 2.06. The molecule has 0 saturated heterocycles. The zero-order valence-electron chi connectivity index (χ0n) is 9.81. The van der Waals surface area contributed by atoms with E-state index in [1.165, 1.54) is 0 Å². The van der Waals surface area contributed by atoms with E-state index < -0.39 is 0 Å². The van der Waals surface area contributed by atoms with E-state index in [1.54, 1.807) is 4.68 Å². The average Bonchev–Trinajstić information content (AvgIpc) is 2.65. The van der Waals surface area contributed by atoms with Crippen molar-refractivity contribution in [3.63, 3.8) is 0 Å². The maximum absolute atomic E-state index is 10.9. The minimum Gasteiger partial charge on any atom is -0.311 e. The van der Waals surface area contributed by atoms with Gasteiger partial charge in [-0.15, -0.1) is 5.10 Å². The van der Waals surface area contributed by atoms with Gasteiger partial charge in [0.05, 0.1) is 5.69 Å². The zero-order valence-corrected chi connectivity index (χ0v) is 10.8. The van der Waals surface area contributed by atoms with Crippen LogP contribution in [-0.4, -0.2) is 39.8 Å². The lowest BCUT2D eigenvalue weighted by Gasteiger charge is -2.14. The van der Waals surface area contributed by atoms with Gasteiger partial charge >= 0.3 is 0 Å². The highest BCUT2D eigenvalue weighted by Crippen LogP contribution is 2.24. The maximum Gasteiger partial charge on any atom is 0.172 e. The normalized spacial score (nSPS) is 15.7. The summed E-state index contributed by atoms with van der Waals surface area (Å²) in [6, 6.07) is 0. The summed E-state index contributed by atoms with van der Waals surface area (Å²) in [4.78, 5) is 10.9. The Morgan fingerprint density at radius 1 is 1.59 bits per heavy atom. The van der Waals surface area contributed by atoms with Crippen LogP contribution >= 0.6 is 8.73 Å². The third-order valence-corrected chi connectivity index (χ3v) is 3.48. The highest BCUT2D eigenvalue weighted by molar-refractivity contribution is 7.40. The van der Waals surface area contributed by atoms with E-state index in [4.69, 9.17) is 0 Å². The molecule has 2 heterocycles. The summed E-state index contributed by atoms with van der Waals surface area (Å²) in [6.07, 6.45) is 3.96. The van der Waals surface area contributed by atoms with Crippen LogP contribution < -0.4 is 5.32 Å². The van der Waals surface area contributed by atoms with Crippen molar-refractivity contribution in [2.45, 2.75) is 26.3 Å². The summed E-state index contributed by atoms with van der Waals surface area (Å²) in [6.45, 7) is 3.70. The second-order valence-corrected chi connectivity index (χ2v) is 4.74. The molecule has 0 aromatic carbocycles. The number of carbonyl (C=O) groups is 1. The molecule has 0 amide bonds. The molecule has 0 saturated carbocycles. The molecule has 1 aliphatic rings. The van der Waals surface area contributed by atoms with Gasteiger partial charge in [-0.2, -0.15) is 0 Å². The monoisotopic (exact) mass is 253 g/mol. The average molecular weight is 253 g/mol. The molecule has 0 spiro atoms. The van der Waals surface area contributed by atoms with Crippen molar-refractivity contribution >= 4 is 20.9 Å². The zero-order chi connectivity index (χ0) is 12.1. The van der Waals surface area contributed by atoms with Crippen LogP contribution in [0.15, 0.2) is 4.76 Å². The van der Waals surface area contributed by atoms with Gasteiger partial charge in [-0.25, -0.2) is 9.44 Å². The Hall–Kier alpha value is -1.13. The molecule has 6 nitrogen and oxygen atoms in total. The lowest BCUT2D eigenvalue weighted by molar-refractivity contribution is 0.111. The molecule has 0 bridgehead atoms. The van der Waals surface area contributed by atoms with Crippen molar-refractivity contribution in [2.75, 3.05) is 12.7 Å². The maximum atomic E-state index is 10.9. The van der Waals surface area contributed by atoms with Crippen LogP contribution in [0.1, 0.15) is 35.9 Å². The Morgan fingerprint density at radius 2 is 2.41 bits per heavy atom. The summed E-state index contributed by atoms with van der Waals surface area (Å²) in [5, 5.41) is 11.1. The Labute approximate surface area is 102 Å². The number of hydrogen-bond acceptors (Lipinski definition) is 5. The summed E-state index contributed by atoms with van der Waals surface area (Å²) >= 11 is 0.